The highest BCUT2D eigenvalue weighted by atomic mass is 16.5. The van der Waals surface area contributed by atoms with E-state index in [2.05, 4.69) is 4.74 Å². The number of rotatable bonds is 6. The highest BCUT2D eigenvalue weighted by molar-refractivity contribution is 5.91. The number of ether oxygens (including phenoxy) is 2. The van der Waals surface area contributed by atoms with Crippen molar-refractivity contribution in [3.63, 3.8) is 0 Å². The van der Waals surface area contributed by atoms with Gasteiger partial charge in [0.1, 0.15) is 5.76 Å². The van der Waals surface area contributed by atoms with Gasteiger partial charge in [0.05, 0.1) is 12.7 Å². The average Bonchev–Trinajstić information content (AvgIpc) is 2.40. The molecule has 0 unspecified atom stereocenters. The van der Waals surface area contributed by atoms with E-state index in [1.165, 1.54) is 7.11 Å². The maximum absolute atomic E-state index is 11.7. The molecule has 0 aromatic carbocycles. The van der Waals surface area contributed by atoms with Gasteiger partial charge in [-0.05, 0) is 27.2 Å². The quantitative estimate of drug-likeness (QED) is 0.415. The molecule has 18 heavy (non-hydrogen) atoms. The first-order valence-corrected chi connectivity index (χ1v) is 6.11. The summed E-state index contributed by atoms with van der Waals surface area (Å²) in [6.07, 6.45) is 4.04. The van der Waals surface area contributed by atoms with E-state index in [4.69, 9.17) is 4.74 Å². The van der Waals surface area contributed by atoms with Crippen LogP contribution in [0.5, 0.6) is 0 Å². The number of methoxy groups -OCH3 is 1. The Balaban J connectivity index is 5.01. The molecule has 102 valence electrons. The first-order valence-electron chi connectivity index (χ1n) is 6.11. The largest absolute Gasteiger partial charge is 0.466 e. The molecule has 0 aliphatic rings. The Morgan fingerprint density at radius 3 is 2.22 bits per heavy atom. The van der Waals surface area contributed by atoms with Gasteiger partial charge in [-0.15, -0.1) is 0 Å². The van der Waals surface area contributed by atoms with Crippen LogP contribution in [0.3, 0.4) is 0 Å². The van der Waals surface area contributed by atoms with Crippen LogP contribution in [0.15, 0.2) is 23.0 Å². The maximum Gasteiger partial charge on any atom is 0.338 e. The summed E-state index contributed by atoms with van der Waals surface area (Å²) in [4.78, 5) is 23.1. The molecule has 0 aliphatic heterocycles. The van der Waals surface area contributed by atoms with Crippen LogP contribution in [-0.4, -0.2) is 19.0 Å². The number of hydrogen-bond donors (Lipinski definition) is 0. The van der Waals surface area contributed by atoms with E-state index in [0.29, 0.717) is 23.3 Å². The van der Waals surface area contributed by atoms with Crippen LogP contribution in [0.1, 0.15) is 47.0 Å². The molecule has 0 saturated carbocycles. The van der Waals surface area contributed by atoms with Gasteiger partial charge in [-0.25, -0.2) is 9.59 Å². The van der Waals surface area contributed by atoms with Crippen molar-refractivity contribution in [1.82, 2.24) is 0 Å². The zero-order valence-electron chi connectivity index (χ0n) is 11.8. The van der Waals surface area contributed by atoms with Crippen molar-refractivity contribution >= 4 is 11.9 Å². The van der Waals surface area contributed by atoms with Crippen molar-refractivity contribution in [3.05, 3.63) is 23.0 Å². The van der Waals surface area contributed by atoms with Crippen LogP contribution in [0.2, 0.25) is 0 Å². The molecule has 0 amide bonds. The molecule has 0 heterocycles. The van der Waals surface area contributed by atoms with Crippen molar-refractivity contribution in [2.24, 2.45) is 0 Å². The van der Waals surface area contributed by atoms with Crippen molar-refractivity contribution < 1.29 is 19.1 Å². The second-order valence-electron chi connectivity index (χ2n) is 4.00. The van der Waals surface area contributed by atoms with Crippen LogP contribution < -0.4 is 0 Å². The van der Waals surface area contributed by atoms with Gasteiger partial charge >= 0.3 is 11.9 Å². The number of esters is 2. The van der Waals surface area contributed by atoms with Crippen molar-refractivity contribution in [3.8, 4) is 0 Å². The molecule has 0 fully saturated rings. The van der Waals surface area contributed by atoms with Gasteiger partial charge in [0.15, 0.2) is 0 Å². The van der Waals surface area contributed by atoms with Gasteiger partial charge < -0.3 is 9.47 Å². The highest BCUT2D eigenvalue weighted by Gasteiger charge is 2.16. The Morgan fingerprint density at radius 1 is 1.17 bits per heavy atom. The van der Waals surface area contributed by atoms with Gasteiger partial charge in [-0.1, -0.05) is 19.4 Å². The monoisotopic (exact) mass is 254 g/mol. The number of allylic oxidation sites excluding steroid dienone is 2. The van der Waals surface area contributed by atoms with Crippen LogP contribution in [0.25, 0.3) is 0 Å². The standard InChI is InChI=1S/C14H22O4/c1-6-8-9-12(11(4)14(16)17-5)18-13(15)10(3)7-2/h7H,6,8-9H2,1-5H3. The predicted molar refractivity (Wildman–Crippen MR) is 69.8 cm³/mol. The SMILES string of the molecule is CC=C(C)C(=O)OC(CCCC)=C(C)C(=O)OC. The summed E-state index contributed by atoms with van der Waals surface area (Å²) in [5.41, 5.74) is 0.866. The molecule has 0 spiro atoms. The second-order valence-corrected chi connectivity index (χ2v) is 4.00. The molecule has 0 bridgehead atoms. The Kier molecular flexibility index (Phi) is 7.76. The molecule has 4 heteroatoms. The number of carbonyl (C=O) groups is 2. The third kappa shape index (κ3) is 5.17. The Bertz CT molecular complexity index is 364. The minimum atomic E-state index is -0.466. The molecule has 0 aliphatic carbocycles. The lowest BCUT2D eigenvalue weighted by Crippen LogP contribution is -2.12. The summed E-state index contributed by atoms with van der Waals surface area (Å²) in [6, 6.07) is 0. The molecule has 0 atom stereocenters. The van der Waals surface area contributed by atoms with Crippen molar-refractivity contribution in [1.29, 1.82) is 0 Å². The number of carbonyl (C=O) groups excluding carboxylic acids is 2. The molecule has 0 aromatic heterocycles. The lowest BCUT2D eigenvalue weighted by Gasteiger charge is -2.11. The highest BCUT2D eigenvalue weighted by Crippen LogP contribution is 2.17. The molecule has 0 radical (unpaired) electrons. The molecule has 0 saturated heterocycles. The number of unbranched alkanes of at least 4 members (excludes halogenated alkanes) is 1. The summed E-state index contributed by atoms with van der Waals surface area (Å²) in [5, 5.41) is 0. The van der Waals surface area contributed by atoms with E-state index >= 15 is 0 Å². The van der Waals surface area contributed by atoms with Gasteiger partial charge in [0.25, 0.3) is 0 Å². The summed E-state index contributed by atoms with van der Waals surface area (Å²) in [7, 11) is 1.31. The predicted octanol–water partition coefficient (Wildman–Crippen LogP) is 3.13. The van der Waals surface area contributed by atoms with E-state index in [-0.39, 0.29) is 0 Å². The molecular weight excluding hydrogens is 232 g/mol. The fourth-order valence-corrected chi connectivity index (χ4v) is 1.23. The third-order valence-corrected chi connectivity index (χ3v) is 2.64. The summed E-state index contributed by atoms with van der Waals surface area (Å²) in [5.74, 6) is -0.492. The fourth-order valence-electron chi connectivity index (χ4n) is 1.23. The number of hydrogen-bond acceptors (Lipinski definition) is 4. The van der Waals surface area contributed by atoms with E-state index in [1.807, 2.05) is 6.92 Å². The van der Waals surface area contributed by atoms with Crippen molar-refractivity contribution in [2.75, 3.05) is 7.11 Å². The minimum absolute atomic E-state index is 0.350. The molecule has 4 nitrogen and oxygen atoms in total. The lowest BCUT2D eigenvalue weighted by atomic mass is 10.1. The summed E-state index contributed by atoms with van der Waals surface area (Å²) in [6.45, 7) is 7.08. The molecular formula is C14H22O4. The maximum atomic E-state index is 11.7. The first kappa shape index (κ1) is 16.4. The summed E-state index contributed by atoms with van der Waals surface area (Å²) >= 11 is 0. The Labute approximate surface area is 109 Å². The lowest BCUT2D eigenvalue weighted by molar-refractivity contribution is -0.137. The normalized spacial score (nSPS) is 12.8. The van der Waals surface area contributed by atoms with Gasteiger partial charge in [0, 0.05) is 12.0 Å². The van der Waals surface area contributed by atoms with Crippen LogP contribution in [0.4, 0.5) is 0 Å². The second kappa shape index (κ2) is 8.50. The zero-order chi connectivity index (χ0) is 14.1. The van der Waals surface area contributed by atoms with Gasteiger partial charge in [0.2, 0.25) is 0 Å². The zero-order valence-corrected chi connectivity index (χ0v) is 11.8. The van der Waals surface area contributed by atoms with Gasteiger partial charge in [-0.3, -0.25) is 0 Å². The van der Waals surface area contributed by atoms with Crippen LogP contribution in [0, 0.1) is 0 Å². The smallest absolute Gasteiger partial charge is 0.338 e. The van der Waals surface area contributed by atoms with Crippen LogP contribution in [-0.2, 0) is 19.1 Å². The van der Waals surface area contributed by atoms with E-state index in [9.17, 15) is 9.59 Å². The van der Waals surface area contributed by atoms with Crippen LogP contribution >= 0.6 is 0 Å². The average molecular weight is 254 g/mol. The van der Waals surface area contributed by atoms with E-state index in [0.717, 1.165) is 12.8 Å². The Morgan fingerprint density at radius 2 is 1.78 bits per heavy atom. The molecule has 0 N–H and O–H groups in total. The molecule has 0 aromatic rings. The first-order chi connectivity index (χ1) is 8.47. The van der Waals surface area contributed by atoms with Gasteiger partial charge in [-0.2, -0.15) is 0 Å². The topological polar surface area (TPSA) is 52.6 Å². The third-order valence-electron chi connectivity index (χ3n) is 2.64. The molecule has 0 rings (SSSR count). The van der Waals surface area contributed by atoms with Crippen molar-refractivity contribution in [2.45, 2.75) is 47.0 Å². The summed E-state index contributed by atoms with van der Waals surface area (Å²) < 4.78 is 9.90. The fraction of sp³-hybridized carbons (Fsp3) is 0.571. The van der Waals surface area contributed by atoms with E-state index < -0.39 is 11.9 Å². The van der Waals surface area contributed by atoms with E-state index in [1.54, 1.807) is 26.8 Å². The Hall–Kier alpha value is -1.58. The minimum Gasteiger partial charge on any atom is -0.466 e.